The largest absolute Gasteiger partial charge is 0.497 e. The number of esters is 1. The third-order valence-corrected chi connectivity index (χ3v) is 7.56. The molecule has 0 atom stereocenters. The summed E-state index contributed by atoms with van der Waals surface area (Å²) < 4.78 is 41.8. The molecule has 0 saturated carbocycles. The number of benzene rings is 2. The lowest BCUT2D eigenvalue weighted by atomic mass is 10.3. The minimum Gasteiger partial charge on any atom is -0.497 e. The van der Waals surface area contributed by atoms with Crippen molar-refractivity contribution in [2.24, 2.45) is 0 Å². The van der Waals surface area contributed by atoms with Crippen molar-refractivity contribution >= 4 is 44.6 Å². The molecule has 9 nitrogen and oxygen atoms in total. The summed E-state index contributed by atoms with van der Waals surface area (Å²) in [6.45, 7) is -0.864. The lowest BCUT2D eigenvalue weighted by Crippen LogP contribution is -2.25. The van der Waals surface area contributed by atoms with Crippen LogP contribution in [0.2, 0.25) is 0 Å². The molecule has 174 valence electrons. The van der Waals surface area contributed by atoms with Gasteiger partial charge in [0.1, 0.15) is 15.7 Å². The summed E-state index contributed by atoms with van der Waals surface area (Å²) in [5, 5.41) is 4.29. The van der Waals surface area contributed by atoms with Crippen molar-refractivity contribution < 1.29 is 32.2 Å². The number of rotatable bonds is 10. The third-order valence-electron chi connectivity index (χ3n) is 4.40. The van der Waals surface area contributed by atoms with Gasteiger partial charge in [-0.2, -0.15) is 0 Å². The molecule has 33 heavy (non-hydrogen) atoms. The maximum absolute atomic E-state index is 12.6. The number of hydrogen-bond acceptors (Lipinski definition) is 8. The number of ether oxygens (including phenoxy) is 3. The van der Waals surface area contributed by atoms with Crippen LogP contribution in [-0.2, 0) is 24.3 Å². The van der Waals surface area contributed by atoms with Crippen LogP contribution < -0.4 is 19.1 Å². The second-order valence-electron chi connectivity index (χ2n) is 6.62. The molecule has 0 spiro atoms. The molecule has 1 heterocycles. The van der Waals surface area contributed by atoms with Crippen LogP contribution in [0, 0.1) is 0 Å². The van der Waals surface area contributed by atoms with Gasteiger partial charge in [-0.3, -0.25) is 9.10 Å². The van der Waals surface area contributed by atoms with Crippen molar-refractivity contribution in [3.05, 3.63) is 66.0 Å². The van der Waals surface area contributed by atoms with Crippen molar-refractivity contribution in [3.63, 3.8) is 0 Å². The van der Waals surface area contributed by atoms with E-state index in [0.717, 1.165) is 15.6 Å². The summed E-state index contributed by atoms with van der Waals surface area (Å²) in [5.41, 5.74) is 0.979. The zero-order valence-corrected chi connectivity index (χ0v) is 19.5. The van der Waals surface area contributed by atoms with Crippen molar-refractivity contribution in [2.75, 3.05) is 37.0 Å². The normalized spacial score (nSPS) is 10.8. The van der Waals surface area contributed by atoms with Gasteiger partial charge in [0.2, 0.25) is 0 Å². The molecule has 1 N–H and O–H groups in total. The first-order valence-corrected chi connectivity index (χ1v) is 12.0. The molecule has 0 fully saturated rings. The van der Waals surface area contributed by atoms with E-state index in [1.807, 2.05) is 0 Å². The quantitative estimate of drug-likeness (QED) is 0.435. The Hall–Kier alpha value is -3.57. The number of nitrogens with zero attached hydrogens (tertiary/aromatic N) is 1. The second-order valence-corrected chi connectivity index (χ2v) is 9.77. The van der Waals surface area contributed by atoms with Gasteiger partial charge >= 0.3 is 5.97 Å². The summed E-state index contributed by atoms with van der Waals surface area (Å²) in [6.07, 6.45) is 0. The highest BCUT2D eigenvalue weighted by Crippen LogP contribution is 2.26. The van der Waals surface area contributed by atoms with Crippen LogP contribution in [0.25, 0.3) is 0 Å². The van der Waals surface area contributed by atoms with Crippen molar-refractivity contribution in [1.29, 1.82) is 0 Å². The Bertz CT molecular complexity index is 1180. The van der Waals surface area contributed by atoms with Gasteiger partial charge < -0.3 is 19.5 Å². The molecule has 3 aromatic rings. The zero-order valence-electron chi connectivity index (χ0n) is 17.9. The fourth-order valence-electron chi connectivity index (χ4n) is 2.64. The molecule has 0 radical (unpaired) electrons. The number of thiophene rings is 1. The molecular formula is C22H22N2O7S2. The first kappa shape index (κ1) is 24.1. The number of carbonyl (C=O) groups excluding carboxylic acids is 2. The average molecular weight is 491 g/mol. The third kappa shape index (κ3) is 6.46. The molecule has 0 saturated heterocycles. The number of carbonyl (C=O) groups is 2. The molecule has 1 aromatic heterocycles. The van der Waals surface area contributed by atoms with Gasteiger partial charge in [0.15, 0.2) is 13.2 Å². The maximum Gasteiger partial charge on any atom is 0.344 e. The molecule has 0 bridgehead atoms. The van der Waals surface area contributed by atoms with Gasteiger partial charge in [0.05, 0.1) is 12.8 Å². The minimum absolute atomic E-state index is 0.240. The molecular weight excluding hydrogens is 468 g/mol. The number of sulfonamides is 1. The van der Waals surface area contributed by atoms with E-state index in [2.05, 4.69) is 5.32 Å². The predicted octanol–water partition coefficient (Wildman–Crippen LogP) is 3.14. The number of amides is 1. The minimum atomic E-state index is -3.64. The Balaban J connectivity index is 1.45. The topological polar surface area (TPSA) is 111 Å². The van der Waals surface area contributed by atoms with E-state index in [-0.39, 0.29) is 4.21 Å². The summed E-state index contributed by atoms with van der Waals surface area (Å²) in [7, 11) is -0.638. The highest BCUT2D eigenvalue weighted by molar-refractivity contribution is 7.94. The van der Waals surface area contributed by atoms with Crippen molar-refractivity contribution in [2.45, 2.75) is 4.21 Å². The van der Waals surface area contributed by atoms with E-state index in [4.69, 9.17) is 14.2 Å². The lowest BCUT2D eigenvalue weighted by Gasteiger charge is -2.18. The lowest BCUT2D eigenvalue weighted by molar-refractivity contribution is -0.149. The molecule has 3 rings (SSSR count). The number of anilines is 2. The first-order chi connectivity index (χ1) is 15.8. The molecule has 0 unspecified atom stereocenters. The summed E-state index contributed by atoms with van der Waals surface area (Å²) in [4.78, 5) is 23.8. The maximum atomic E-state index is 12.6. The Morgan fingerprint density at radius 3 is 2.24 bits per heavy atom. The van der Waals surface area contributed by atoms with E-state index >= 15 is 0 Å². The number of hydrogen-bond donors (Lipinski definition) is 1. The molecule has 0 aliphatic rings. The van der Waals surface area contributed by atoms with Crippen LogP contribution in [0.1, 0.15) is 0 Å². The van der Waals surface area contributed by atoms with Crippen LogP contribution in [0.15, 0.2) is 70.3 Å². The van der Waals surface area contributed by atoms with Crippen LogP contribution in [0.5, 0.6) is 11.5 Å². The van der Waals surface area contributed by atoms with Gasteiger partial charge in [-0.1, -0.05) is 6.07 Å². The Morgan fingerprint density at radius 2 is 1.64 bits per heavy atom. The first-order valence-electron chi connectivity index (χ1n) is 9.64. The number of methoxy groups -OCH3 is 1. The van der Waals surface area contributed by atoms with E-state index in [1.165, 1.54) is 13.1 Å². The van der Waals surface area contributed by atoms with Gasteiger partial charge in [0, 0.05) is 12.7 Å². The monoisotopic (exact) mass is 490 g/mol. The van der Waals surface area contributed by atoms with Gasteiger partial charge in [-0.15, -0.1) is 11.3 Å². The smallest absolute Gasteiger partial charge is 0.344 e. The van der Waals surface area contributed by atoms with Gasteiger partial charge in [0.25, 0.3) is 15.9 Å². The fourth-order valence-corrected chi connectivity index (χ4v) is 4.99. The van der Waals surface area contributed by atoms with E-state index in [1.54, 1.807) is 67.1 Å². The standard InChI is InChI=1S/C22H22N2O7S2/c1-24(33(27,28)22-4-3-13-32-22)17-7-11-19(12-8-17)30-15-21(26)31-14-20(25)23-16-5-9-18(29-2)10-6-16/h3-13H,14-15H2,1-2H3,(H,23,25). The Kier molecular flexibility index (Phi) is 7.91. The van der Waals surface area contributed by atoms with Crippen LogP contribution >= 0.6 is 11.3 Å². The zero-order chi connectivity index (χ0) is 23.8. The van der Waals surface area contributed by atoms with Crippen LogP contribution in [0.4, 0.5) is 11.4 Å². The molecule has 0 aliphatic carbocycles. The summed E-state index contributed by atoms with van der Waals surface area (Å²) in [6, 6.07) is 16.1. The Morgan fingerprint density at radius 1 is 0.970 bits per heavy atom. The van der Waals surface area contributed by atoms with E-state index in [0.29, 0.717) is 22.9 Å². The van der Waals surface area contributed by atoms with Crippen LogP contribution in [0.3, 0.4) is 0 Å². The Labute approximate surface area is 195 Å². The van der Waals surface area contributed by atoms with E-state index < -0.39 is 35.1 Å². The second kappa shape index (κ2) is 10.8. The van der Waals surface area contributed by atoms with Gasteiger partial charge in [-0.05, 0) is 60.0 Å². The average Bonchev–Trinajstić information content (AvgIpc) is 3.38. The molecule has 1 amide bonds. The fraction of sp³-hybridized carbons (Fsp3) is 0.182. The highest BCUT2D eigenvalue weighted by Gasteiger charge is 2.22. The molecule has 11 heteroatoms. The van der Waals surface area contributed by atoms with E-state index in [9.17, 15) is 18.0 Å². The number of nitrogens with one attached hydrogen (secondary N) is 1. The molecule has 2 aromatic carbocycles. The summed E-state index contributed by atoms with van der Waals surface area (Å²) in [5.74, 6) is -0.213. The SMILES string of the molecule is COc1ccc(NC(=O)COC(=O)COc2ccc(N(C)S(=O)(=O)c3cccs3)cc2)cc1. The van der Waals surface area contributed by atoms with Crippen molar-refractivity contribution in [3.8, 4) is 11.5 Å². The summed E-state index contributed by atoms with van der Waals surface area (Å²) >= 11 is 1.14. The molecule has 0 aliphatic heterocycles. The highest BCUT2D eigenvalue weighted by atomic mass is 32.2. The van der Waals surface area contributed by atoms with Gasteiger partial charge in [-0.25, -0.2) is 13.2 Å². The van der Waals surface area contributed by atoms with Crippen molar-refractivity contribution in [1.82, 2.24) is 0 Å². The van der Waals surface area contributed by atoms with Crippen LogP contribution in [-0.4, -0.2) is 47.7 Å². The predicted molar refractivity (Wildman–Crippen MR) is 124 cm³/mol.